The molecule has 2 fully saturated rings. The van der Waals surface area contributed by atoms with Gasteiger partial charge in [0.15, 0.2) is 6.61 Å². The summed E-state index contributed by atoms with van der Waals surface area (Å²) in [5.41, 5.74) is 0.640. The zero-order chi connectivity index (χ0) is 18.8. The van der Waals surface area contributed by atoms with Crippen LogP contribution < -0.4 is 9.64 Å². The first-order valence-corrected chi connectivity index (χ1v) is 9.72. The summed E-state index contributed by atoms with van der Waals surface area (Å²) >= 11 is 0. The first-order valence-electron chi connectivity index (χ1n) is 9.72. The van der Waals surface area contributed by atoms with Gasteiger partial charge in [0.1, 0.15) is 12.3 Å². The highest BCUT2D eigenvalue weighted by Gasteiger charge is 2.33. The van der Waals surface area contributed by atoms with Gasteiger partial charge in [-0.25, -0.2) is 0 Å². The average molecular weight is 371 g/mol. The van der Waals surface area contributed by atoms with E-state index in [1.165, 1.54) is 4.90 Å². The van der Waals surface area contributed by atoms with Gasteiger partial charge in [-0.15, -0.1) is 0 Å². The zero-order valence-electron chi connectivity index (χ0n) is 15.4. The number of carbonyl (C=O) groups excluding carboxylic acids is 3. The molecule has 0 radical (unpaired) electrons. The fraction of sp³-hybridized carbons (Fsp3) is 0.550. The second-order valence-electron chi connectivity index (χ2n) is 7.42. The first kappa shape index (κ1) is 17.8. The minimum Gasteiger partial charge on any atom is -0.482 e. The molecule has 144 valence electrons. The van der Waals surface area contributed by atoms with Gasteiger partial charge in [0.2, 0.25) is 11.8 Å². The van der Waals surface area contributed by atoms with Crippen molar-refractivity contribution in [2.45, 2.75) is 25.7 Å². The molecule has 0 aromatic heterocycles. The quantitative estimate of drug-likeness (QED) is 0.802. The molecule has 7 heteroatoms. The molecule has 3 aliphatic rings. The molecule has 1 aromatic carbocycles. The summed E-state index contributed by atoms with van der Waals surface area (Å²) in [6.45, 7) is 2.86. The second kappa shape index (κ2) is 7.58. The fourth-order valence-electron chi connectivity index (χ4n) is 4.13. The van der Waals surface area contributed by atoms with Crippen LogP contribution in [0, 0.1) is 5.92 Å². The van der Waals surface area contributed by atoms with E-state index in [1.54, 1.807) is 17.0 Å². The molecule has 3 aliphatic heterocycles. The Bertz CT molecular complexity index is 736. The molecule has 0 atom stereocenters. The summed E-state index contributed by atoms with van der Waals surface area (Å²) in [6.07, 6.45) is 3.60. The highest BCUT2D eigenvalue weighted by molar-refractivity contribution is 6.02. The normalized spacial score (nSPS) is 20.4. The van der Waals surface area contributed by atoms with E-state index in [9.17, 15) is 14.4 Å². The maximum Gasteiger partial charge on any atom is 0.265 e. The van der Waals surface area contributed by atoms with Crippen molar-refractivity contribution < 1.29 is 19.1 Å². The standard InChI is InChI=1S/C20H25N3O4/c24-18(13-23-16-5-1-2-6-17(16)27-14-19(23)25)21-11-7-15(8-12-21)20(26)22-9-3-4-10-22/h1-2,5-6,15H,3-4,7-14H2. The van der Waals surface area contributed by atoms with Crippen LogP contribution in [0.1, 0.15) is 25.7 Å². The van der Waals surface area contributed by atoms with Crippen molar-refractivity contribution in [3.63, 3.8) is 0 Å². The predicted octanol–water partition coefficient (Wildman–Crippen LogP) is 1.27. The van der Waals surface area contributed by atoms with Crippen LogP contribution in [-0.4, -0.2) is 66.9 Å². The Labute approximate surface area is 158 Å². The molecule has 0 aliphatic carbocycles. The van der Waals surface area contributed by atoms with E-state index in [0.29, 0.717) is 37.4 Å². The van der Waals surface area contributed by atoms with Crippen molar-refractivity contribution in [2.75, 3.05) is 44.2 Å². The largest absolute Gasteiger partial charge is 0.482 e. The molecular formula is C20H25N3O4. The van der Waals surface area contributed by atoms with Gasteiger partial charge < -0.3 is 14.5 Å². The first-order chi connectivity index (χ1) is 13.1. The molecule has 0 bridgehead atoms. The van der Waals surface area contributed by atoms with Crippen molar-refractivity contribution in [3.05, 3.63) is 24.3 Å². The van der Waals surface area contributed by atoms with Gasteiger partial charge >= 0.3 is 0 Å². The van der Waals surface area contributed by atoms with Crippen molar-refractivity contribution in [3.8, 4) is 5.75 Å². The highest BCUT2D eigenvalue weighted by Crippen LogP contribution is 2.31. The number of nitrogens with zero attached hydrogens (tertiary/aromatic N) is 3. The Kier molecular flexibility index (Phi) is 5.01. The fourth-order valence-corrected chi connectivity index (χ4v) is 4.13. The van der Waals surface area contributed by atoms with Gasteiger partial charge in [-0.2, -0.15) is 0 Å². The number of fused-ring (bicyclic) bond motifs is 1. The predicted molar refractivity (Wildman–Crippen MR) is 99.4 cm³/mol. The van der Waals surface area contributed by atoms with Crippen LogP contribution in [0.4, 0.5) is 5.69 Å². The summed E-state index contributed by atoms with van der Waals surface area (Å²) in [4.78, 5) is 42.8. The van der Waals surface area contributed by atoms with Crippen LogP contribution in [0.2, 0.25) is 0 Å². The van der Waals surface area contributed by atoms with Crippen LogP contribution in [-0.2, 0) is 14.4 Å². The van der Waals surface area contributed by atoms with E-state index in [2.05, 4.69) is 0 Å². The molecule has 2 saturated heterocycles. The van der Waals surface area contributed by atoms with E-state index >= 15 is 0 Å². The number of anilines is 1. The number of hydrogen-bond acceptors (Lipinski definition) is 4. The minimum absolute atomic E-state index is 0.0178. The summed E-state index contributed by atoms with van der Waals surface area (Å²) in [5.74, 6) is 0.614. The number of carbonyl (C=O) groups is 3. The summed E-state index contributed by atoms with van der Waals surface area (Å²) in [6, 6.07) is 7.26. The number of amides is 3. The molecule has 3 heterocycles. The molecule has 7 nitrogen and oxygen atoms in total. The maximum absolute atomic E-state index is 12.8. The van der Waals surface area contributed by atoms with E-state index in [4.69, 9.17) is 4.74 Å². The molecule has 0 spiro atoms. The molecule has 1 aromatic rings. The lowest BCUT2D eigenvalue weighted by molar-refractivity contribution is -0.139. The van der Waals surface area contributed by atoms with Gasteiger partial charge in [-0.1, -0.05) is 12.1 Å². The van der Waals surface area contributed by atoms with Gasteiger partial charge in [0.05, 0.1) is 5.69 Å². The van der Waals surface area contributed by atoms with Crippen LogP contribution >= 0.6 is 0 Å². The molecule has 0 N–H and O–H groups in total. The minimum atomic E-state index is -0.207. The van der Waals surface area contributed by atoms with Crippen molar-refractivity contribution in [1.29, 1.82) is 0 Å². The third kappa shape index (κ3) is 3.63. The number of benzene rings is 1. The molecule has 0 unspecified atom stereocenters. The van der Waals surface area contributed by atoms with Crippen LogP contribution in [0.5, 0.6) is 5.75 Å². The Morgan fingerprint density at radius 1 is 1.00 bits per heavy atom. The third-order valence-electron chi connectivity index (χ3n) is 5.72. The van der Waals surface area contributed by atoms with E-state index in [1.807, 2.05) is 17.0 Å². The SMILES string of the molecule is O=C(CN1C(=O)COc2ccccc21)N1CCC(C(=O)N2CCCC2)CC1. The zero-order valence-corrected chi connectivity index (χ0v) is 15.4. The van der Waals surface area contributed by atoms with Crippen molar-refractivity contribution in [1.82, 2.24) is 9.80 Å². The van der Waals surface area contributed by atoms with Gasteiger partial charge in [-0.3, -0.25) is 19.3 Å². The number of rotatable bonds is 3. The second-order valence-corrected chi connectivity index (χ2v) is 7.42. The Balaban J connectivity index is 1.35. The number of para-hydroxylation sites is 2. The maximum atomic E-state index is 12.8. The number of ether oxygens (including phenoxy) is 1. The van der Waals surface area contributed by atoms with E-state index in [0.717, 1.165) is 25.9 Å². The van der Waals surface area contributed by atoms with Crippen LogP contribution in [0.25, 0.3) is 0 Å². The van der Waals surface area contributed by atoms with E-state index < -0.39 is 0 Å². The van der Waals surface area contributed by atoms with Crippen molar-refractivity contribution >= 4 is 23.4 Å². The lowest BCUT2D eigenvalue weighted by atomic mass is 9.95. The number of piperidine rings is 1. The van der Waals surface area contributed by atoms with Gasteiger partial charge in [0, 0.05) is 32.1 Å². The smallest absolute Gasteiger partial charge is 0.265 e. The van der Waals surface area contributed by atoms with Crippen LogP contribution in [0.3, 0.4) is 0 Å². The number of likely N-dealkylation sites (tertiary alicyclic amines) is 2. The molecule has 0 saturated carbocycles. The lowest BCUT2D eigenvalue weighted by Gasteiger charge is -2.35. The number of hydrogen-bond donors (Lipinski definition) is 0. The molecule has 4 rings (SSSR count). The summed E-state index contributed by atoms with van der Waals surface area (Å²) in [7, 11) is 0. The summed E-state index contributed by atoms with van der Waals surface area (Å²) < 4.78 is 5.42. The average Bonchev–Trinajstić information content (AvgIpc) is 3.24. The Hall–Kier alpha value is -2.57. The molecule has 27 heavy (non-hydrogen) atoms. The summed E-state index contributed by atoms with van der Waals surface area (Å²) in [5, 5.41) is 0. The Morgan fingerprint density at radius 2 is 1.70 bits per heavy atom. The Morgan fingerprint density at radius 3 is 2.44 bits per heavy atom. The van der Waals surface area contributed by atoms with Gasteiger partial charge in [-0.05, 0) is 37.8 Å². The third-order valence-corrected chi connectivity index (χ3v) is 5.72. The highest BCUT2D eigenvalue weighted by atomic mass is 16.5. The van der Waals surface area contributed by atoms with Gasteiger partial charge in [0.25, 0.3) is 5.91 Å². The van der Waals surface area contributed by atoms with E-state index in [-0.39, 0.29) is 36.8 Å². The topological polar surface area (TPSA) is 70.2 Å². The molecule has 3 amide bonds. The van der Waals surface area contributed by atoms with Crippen LogP contribution in [0.15, 0.2) is 24.3 Å². The molecular weight excluding hydrogens is 346 g/mol. The monoisotopic (exact) mass is 371 g/mol. The lowest BCUT2D eigenvalue weighted by Crippen LogP contribution is -2.49. The van der Waals surface area contributed by atoms with Crippen molar-refractivity contribution in [2.24, 2.45) is 5.92 Å².